The quantitative estimate of drug-likeness (QED) is 0.370. The van der Waals surface area contributed by atoms with E-state index in [0.717, 1.165) is 16.9 Å². The van der Waals surface area contributed by atoms with Crippen LogP contribution in [-0.4, -0.2) is 49.4 Å². The van der Waals surface area contributed by atoms with E-state index in [1.807, 2.05) is 36.4 Å². The number of fused-ring (bicyclic) bond motifs is 1. The van der Waals surface area contributed by atoms with Gasteiger partial charge in [0.15, 0.2) is 5.11 Å². The molecule has 0 radical (unpaired) electrons. The SMILES string of the molecule is COCC(=O)Nc1cc(N2C(=S)N[C@H](c3ccccn3)[C@@H]2c2ccc3c(c2)C(C)=CC(C)(C)N3C)ccc1OC. The van der Waals surface area contributed by atoms with Gasteiger partial charge in [-0.3, -0.25) is 9.78 Å². The van der Waals surface area contributed by atoms with Crippen molar-refractivity contribution in [1.82, 2.24) is 10.3 Å². The Kier molecular flexibility index (Phi) is 7.53. The van der Waals surface area contributed by atoms with Gasteiger partial charge in [0.1, 0.15) is 12.4 Å². The summed E-state index contributed by atoms with van der Waals surface area (Å²) in [6.45, 7) is 6.55. The van der Waals surface area contributed by atoms with Gasteiger partial charge in [-0.05, 0) is 86.6 Å². The highest BCUT2D eigenvalue weighted by atomic mass is 32.1. The van der Waals surface area contributed by atoms with Gasteiger partial charge in [0.2, 0.25) is 5.91 Å². The van der Waals surface area contributed by atoms with Gasteiger partial charge < -0.3 is 29.9 Å². The van der Waals surface area contributed by atoms with Crippen molar-refractivity contribution in [3.05, 3.63) is 83.7 Å². The van der Waals surface area contributed by atoms with Gasteiger partial charge in [0.05, 0.1) is 36.1 Å². The summed E-state index contributed by atoms with van der Waals surface area (Å²) in [6, 6.07) is 17.8. The van der Waals surface area contributed by atoms with E-state index in [2.05, 4.69) is 77.5 Å². The van der Waals surface area contributed by atoms with Gasteiger partial charge >= 0.3 is 0 Å². The Morgan fingerprint density at radius 3 is 2.65 bits per heavy atom. The molecule has 9 heteroatoms. The summed E-state index contributed by atoms with van der Waals surface area (Å²) >= 11 is 5.93. The minimum absolute atomic E-state index is 0.0608. The first-order valence-electron chi connectivity index (χ1n) is 13.2. The number of carbonyl (C=O) groups is 1. The molecule has 0 bridgehead atoms. The van der Waals surface area contributed by atoms with Crippen molar-refractivity contribution in [3.63, 3.8) is 0 Å². The molecule has 5 rings (SSSR count). The number of nitrogens with one attached hydrogen (secondary N) is 2. The van der Waals surface area contributed by atoms with E-state index in [1.54, 1.807) is 13.3 Å². The van der Waals surface area contributed by atoms with Crippen LogP contribution in [-0.2, 0) is 9.53 Å². The molecule has 2 N–H and O–H groups in total. The first-order chi connectivity index (χ1) is 19.1. The van der Waals surface area contributed by atoms with Crippen molar-refractivity contribution in [2.24, 2.45) is 0 Å². The lowest BCUT2D eigenvalue weighted by Gasteiger charge is -2.41. The van der Waals surface area contributed by atoms with E-state index < -0.39 is 0 Å². The van der Waals surface area contributed by atoms with Crippen molar-refractivity contribution in [3.8, 4) is 5.75 Å². The molecule has 0 aliphatic carbocycles. The number of likely N-dealkylation sites (N-methyl/N-ethyl adjacent to an activating group) is 1. The Bertz CT molecular complexity index is 1470. The molecular formula is C31H35N5O3S. The average molecular weight is 558 g/mol. The molecule has 0 saturated carbocycles. The van der Waals surface area contributed by atoms with Crippen LogP contribution >= 0.6 is 12.2 Å². The molecule has 1 aromatic heterocycles. The number of carbonyl (C=O) groups excluding carboxylic acids is 1. The van der Waals surface area contributed by atoms with E-state index in [4.69, 9.17) is 21.7 Å². The summed E-state index contributed by atoms with van der Waals surface area (Å²) in [5.74, 6) is 0.274. The van der Waals surface area contributed by atoms with E-state index in [1.165, 1.54) is 23.9 Å². The second-order valence-corrected chi connectivity index (χ2v) is 11.1. The average Bonchev–Trinajstić information content (AvgIpc) is 3.29. The third kappa shape index (κ3) is 5.02. The number of rotatable bonds is 7. The fourth-order valence-corrected chi connectivity index (χ4v) is 5.94. The zero-order chi connectivity index (χ0) is 28.6. The molecule has 2 aliphatic heterocycles. The number of aromatic nitrogens is 1. The number of benzene rings is 2. The third-order valence-electron chi connectivity index (χ3n) is 7.69. The molecule has 3 heterocycles. The number of hydrogen-bond acceptors (Lipinski definition) is 6. The van der Waals surface area contributed by atoms with Crippen LogP contribution < -0.4 is 25.2 Å². The monoisotopic (exact) mass is 557 g/mol. The summed E-state index contributed by atoms with van der Waals surface area (Å²) in [6.07, 6.45) is 4.11. The molecule has 1 saturated heterocycles. The van der Waals surface area contributed by atoms with Crippen molar-refractivity contribution in [2.75, 3.05) is 43.0 Å². The fourth-order valence-electron chi connectivity index (χ4n) is 5.59. The Morgan fingerprint density at radius 1 is 1.15 bits per heavy atom. The minimum atomic E-state index is -0.271. The molecule has 8 nitrogen and oxygen atoms in total. The molecule has 0 spiro atoms. The smallest absolute Gasteiger partial charge is 0.250 e. The Morgan fingerprint density at radius 2 is 1.95 bits per heavy atom. The van der Waals surface area contributed by atoms with E-state index >= 15 is 0 Å². The third-order valence-corrected chi connectivity index (χ3v) is 8.01. The lowest BCUT2D eigenvalue weighted by atomic mass is 9.86. The fraction of sp³-hybridized carbons (Fsp3) is 0.323. The summed E-state index contributed by atoms with van der Waals surface area (Å²) < 4.78 is 10.5. The maximum atomic E-state index is 12.4. The molecule has 0 unspecified atom stereocenters. The van der Waals surface area contributed by atoms with Crippen molar-refractivity contribution in [2.45, 2.75) is 38.4 Å². The van der Waals surface area contributed by atoms with Gasteiger partial charge in [-0.15, -0.1) is 0 Å². The van der Waals surface area contributed by atoms with Crippen LogP contribution in [0.2, 0.25) is 0 Å². The van der Waals surface area contributed by atoms with Gasteiger partial charge in [-0.25, -0.2) is 0 Å². The Hall–Kier alpha value is -3.95. The molecule has 2 aliphatic rings. The number of ether oxygens (including phenoxy) is 2. The van der Waals surface area contributed by atoms with Crippen LogP contribution in [0.25, 0.3) is 5.57 Å². The zero-order valence-corrected chi connectivity index (χ0v) is 24.5. The molecule has 1 fully saturated rings. The van der Waals surface area contributed by atoms with E-state index in [0.29, 0.717) is 16.5 Å². The van der Waals surface area contributed by atoms with Gasteiger partial charge in [0, 0.05) is 37.3 Å². The highest BCUT2D eigenvalue weighted by Gasteiger charge is 2.41. The van der Waals surface area contributed by atoms with Crippen LogP contribution in [0.15, 0.2) is 66.9 Å². The van der Waals surface area contributed by atoms with Gasteiger partial charge in [-0.1, -0.05) is 18.2 Å². The number of hydrogen-bond donors (Lipinski definition) is 2. The van der Waals surface area contributed by atoms with Crippen LogP contribution in [0.3, 0.4) is 0 Å². The number of nitrogens with zero attached hydrogens (tertiary/aromatic N) is 3. The van der Waals surface area contributed by atoms with E-state index in [9.17, 15) is 4.79 Å². The lowest BCUT2D eigenvalue weighted by molar-refractivity contribution is -0.119. The first-order valence-corrected chi connectivity index (χ1v) is 13.6. The van der Waals surface area contributed by atoms with Crippen LogP contribution in [0, 0.1) is 0 Å². The maximum Gasteiger partial charge on any atom is 0.250 e. The molecule has 1 amide bonds. The van der Waals surface area contributed by atoms with Crippen molar-refractivity contribution >= 4 is 45.9 Å². The van der Waals surface area contributed by atoms with Gasteiger partial charge in [-0.2, -0.15) is 0 Å². The van der Waals surface area contributed by atoms with Crippen molar-refractivity contribution in [1.29, 1.82) is 0 Å². The largest absolute Gasteiger partial charge is 0.495 e. The number of pyridine rings is 1. The highest BCUT2D eigenvalue weighted by molar-refractivity contribution is 7.80. The Balaban J connectivity index is 1.63. The van der Waals surface area contributed by atoms with E-state index in [-0.39, 0.29) is 30.1 Å². The zero-order valence-electron chi connectivity index (χ0n) is 23.7. The van der Waals surface area contributed by atoms with Crippen LogP contribution in [0.4, 0.5) is 17.1 Å². The minimum Gasteiger partial charge on any atom is -0.495 e. The van der Waals surface area contributed by atoms with Crippen LogP contribution in [0.1, 0.15) is 49.7 Å². The van der Waals surface area contributed by atoms with Crippen LogP contribution in [0.5, 0.6) is 5.75 Å². The number of methoxy groups -OCH3 is 2. The van der Waals surface area contributed by atoms with Gasteiger partial charge in [0.25, 0.3) is 0 Å². The second kappa shape index (κ2) is 10.9. The molecule has 3 aromatic rings. The number of amides is 1. The number of allylic oxidation sites excluding steroid dienone is 1. The molecular weight excluding hydrogens is 522 g/mol. The van der Waals surface area contributed by atoms with Crippen molar-refractivity contribution < 1.29 is 14.3 Å². The predicted octanol–water partition coefficient (Wildman–Crippen LogP) is 5.48. The summed E-state index contributed by atoms with van der Waals surface area (Å²) in [5.41, 5.74) is 6.89. The predicted molar refractivity (Wildman–Crippen MR) is 164 cm³/mol. The Labute approximate surface area is 241 Å². The second-order valence-electron chi connectivity index (χ2n) is 10.7. The maximum absolute atomic E-state index is 12.4. The topological polar surface area (TPSA) is 79.0 Å². The lowest BCUT2D eigenvalue weighted by Crippen LogP contribution is -2.42. The molecule has 2 aromatic carbocycles. The number of anilines is 3. The molecule has 40 heavy (non-hydrogen) atoms. The summed E-state index contributed by atoms with van der Waals surface area (Å²) in [7, 11) is 5.19. The first kappa shape index (κ1) is 27.6. The summed E-state index contributed by atoms with van der Waals surface area (Å²) in [5, 5.41) is 6.99. The highest BCUT2D eigenvalue weighted by Crippen LogP contribution is 2.46. The number of thiocarbonyl (C=S) groups is 1. The normalized spacial score (nSPS) is 19.6. The molecule has 208 valence electrons. The standard InChI is InChI=1S/C31H35N5O3S/c1-19-17-31(2,3)35(4)25-12-10-20(15-22(19)25)29-28(23-9-7-8-14-32-23)34-30(40)36(29)21-11-13-26(39-6)24(16-21)33-27(37)18-38-5/h7-17,28-29H,18H2,1-6H3,(H,33,37)(H,34,40)/t28-,29+/m1/s1. The summed E-state index contributed by atoms with van der Waals surface area (Å²) in [4.78, 5) is 21.5. The molecule has 2 atom stereocenters.